The number of carboxylic acid groups (broad SMARTS) is 2. The molecule has 0 fully saturated rings. The average Bonchev–Trinajstić information content (AvgIpc) is 2.56. The van der Waals surface area contributed by atoms with Gasteiger partial charge < -0.3 is 19.7 Å². The fourth-order valence-electron chi connectivity index (χ4n) is 1.73. The van der Waals surface area contributed by atoms with Crippen molar-refractivity contribution in [1.82, 2.24) is 0 Å². The summed E-state index contributed by atoms with van der Waals surface area (Å²) in [7, 11) is 0. The molecule has 0 unspecified atom stereocenters. The number of rotatable bonds is 14. The second kappa shape index (κ2) is 19.0. The molecule has 0 aliphatic carbocycles. The van der Waals surface area contributed by atoms with Crippen molar-refractivity contribution in [3.63, 3.8) is 0 Å². The van der Waals surface area contributed by atoms with Gasteiger partial charge in [0.2, 0.25) is 0 Å². The van der Waals surface area contributed by atoms with Crippen LogP contribution in [-0.4, -0.2) is 47.3 Å². The number of carbonyl (C=O) groups excluding carboxylic acids is 2. The number of aliphatic carboxylic acids is 2. The Hall–Kier alpha value is -2.38. The van der Waals surface area contributed by atoms with Crippen molar-refractivity contribution in [2.75, 3.05) is 13.2 Å². The Kier molecular flexibility index (Phi) is 18.8. The first-order valence-electron chi connectivity index (χ1n) is 8.65. The second-order valence-corrected chi connectivity index (χ2v) is 5.47. The molecule has 0 rings (SSSR count). The maximum absolute atomic E-state index is 10.5. The van der Waals surface area contributed by atoms with E-state index in [1.54, 1.807) is 0 Å². The molecule has 0 aromatic heterocycles. The van der Waals surface area contributed by atoms with Crippen LogP contribution in [0.5, 0.6) is 0 Å². The summed E-state index contributed by atoms with van der Waals surface area (Å²) >= 11 is 0. The molecule has 0 amide bonds. The van der Waals surface area contributed by atoms with Crippen molar-refractivity contribution in [2.45, 2.75) is 64.7 Å². The maximum Gasteiger partial charge on any atom is 0.330 e. The van der Waals surface area contributed by atoms with Gasteiger partial charge in [-0.05, 0) is 32.1 Å². The summed E-state index contributed by atoms with van der Waals surface area (Å²) in [6.07, 6.45) is 6.92. The van der Waals surface area contributed by atoms with Gasteiger partial charge in [-0.3, -0.25) is 14.4 Å². The molecule has 150 valence electrons. The van der Waals surface area contributed by atoms with Gasteiger partial charge in [-0.15, -0.1) is 0 Å². The van der Waals surface area contributed by atoms with Gasteiger partial charge in [0.1, 0.15) is 0 Å². The molecule has 0 atom stereocenters. The zero-order valence-corrected chi connectivity index (χ0v) is 15.4. The van der Waals surface area contributed by atoms with E-state index >= 15 is 0 Å². The lowest BCUT2D eigenvalue weighted by Gasteiger charge is -2.00. The molecule has 0 saturated heterocycles. The van der Waals surface area contributed by atoms with Crippen molar-refractivity contribution < 1.29 is 38.9 Å². The lowest BCUT2D eigenvalue weighted by molar-refractivity contribution is -0.141. The quantitative estimate of drug-likeness (QED) is 0.270. The van der Waals surface area contributed by atoms with Crippen LogP contribution in [0.2, 0.25) is 0 Å². The number of ether oxygens (including phenoxy) is 2. The van der Waals surface area contributed by atoms with Crippen LogP contribution >= 0.6 is 0 Å². The van der Waals surface area contributed by atoms with Gasteiger partial charge in [-0.2, -0.15) is 0 Å². The number of hydrogen-bond donors (Lipinski definition) is 2. The minimum atomic E-state index is -0.789. The number of carbonyl (C=O) groups is 4. The Balaban J connectivity index is 0. The van der Waals surface area contributed by atoms with Crippen LogP contribution in [0.25, 0.3) is 0 Å². The zero-order valence-electron chi connectivity index (χ0n) is 15.4. The summed E-state index contributed by atoms with van der Waals surface area (Å²) in [5.74, 6) is -2.23. The van der Waals surface area contributed by atoms with E-state index in [2.05, 4.69) is 6.58 Å². The van der Waals surface area contributed by atoms with E-state index in [1.165, 1.54) is 6.92 Å². The summed E-state index contributed by atoms with van der Waals surface area (Å²) < 4.78 is 9.41. The Morgan fingerprint density at radius 1 is 0.769 bits per heavy atom. The van der Waals surface area contributed by atoms with Crippen molar-refractivity contribution >= 4 is 23.9 Å². The monoisotopic (exact) mass is 374 g/mol. The van der Waals surface area contributed by atoms with Crippen LogP contribution < -0.4 is 0 Å². The molecule has 26 heavy (non-hydrogen) atoms. The highest BCUT2D eigenvalue weighted by Crippen LogP contribution is 2.03. The fourth-order valence-corrected chi connectivity index (χ4v) is 1.73. The van der Waals surface area contributed by atoms with Crippen LogP contribution in [0.3, 0.4) is 0 Å². The smallest absolute Gasteiger partial charge is 0.330 e. The van der Waals surface area contributed by atoms with E-state index in [9.17, 15) is 19.2 Å². The van der Waals surface area contributed by atoms with E-state index in [0.717, 1.165) is 31.8 Å². The second-order valence-electron chi connectivity index (χ2n) is 5.47. The lowest BCUT2D eigenvalue weighted by atomic mass is 10.1. The largest absolute Gasteiger partial charge is 0.481 e. The van der Waals surface area contributed by atoms with Crippen LogP contribution in [-0.2, 0) is 28.7 Å². The first kappa shape index (κ1) is 25.9. The van der Waals surface area contributed by atoms with Crippen molar-refractivity contribution in [1.29, 1.82) is 0 Å². The van der Waals surface area contributed by atoms with Crippen LogP contribution in [0, 0.1) is 0 Å². The van der Waals surface area contributed by atoms with Gasteiger partial charge in [0.25, 0.3) is 0 Å². The van der Waals surface area contributed by atoms with Crippen molar-refractivity contribution in [2.24, 2.45) is 0 Å². The fraction of sp³-hybridized carbons (Fsp3) is 0.667. The molecule has 0 aliphatic heterocycles. The molecular weight excluding hydrogens is 344 g/mol. The predicted octanol–water partition coefficient (Wildman–Crippen LogP) is 2.95. The molecule has 0 radical (unpaired) electrons. The Bertz CT molecular complexity index is 413. The summed E-state index contributed by atoms with van der Waals surface area (Å²) in [6, 6.07) is 0. The van der Waals surface area contributed by atoms with E-state index < -0.39 is 17.9 Å². The van der Waals surface area contributed by atoms with E-state index in [-0.39, 0.29) is 18.8 Å². The molecule has 0 aliphatic rings. The number of esters is 2. The SMILES string of the molecule is C=CC(=O)OCCCCCC(=O)O.CC(=O)OCCCCCCC(=O)O. The number of hydrogen-bond acceptors (Lipinski definition) is 6. The maximum atomic E-state index is 10.5. The van der Waals surface area contributed by atoms with Gasteiger partial charge >= 0.3 is 23.9 Å². The summed E-state index contributed by atoms with van der Waals surface area (Å²) in [4.78, 5) is 41.0. The Morgan fingerprint density at radius 3 is 1.62 bits per heavy atom. The van der Waals surface area contributed by atoms with Gasteiger partial charge in [-0.1, -0.05) is 19.4 Å². The predicted molar refractivity (Wildman–Crippen MR) is 94.6 cm³/mol. The first-order valence-corrected chi connectivity index (χ1v) is 8.65. The highest BCUT2D eigenvalue weighted by Gasteiger charge is 1.98. The molecule has 0 aromatic rings. The lowest BCUT2D eigenvalue weighted by Crippen LogP contribution is -2.02. The molecule has 0 heterocycles. The van der Waals surface area contributed by atoms with E-state index in [1.807, 2.05) is 0 Å². The Labute approximate surface area is 154 Å². The highest BCUT2D eigenvalue weighted by atomic mass is 16.5. The van der Waals surface area contributed by atoms with E-state index in [0.29, 0.717) is 32.5 Å². The summed E-state index contributed by atoms with van der Waals surface area (Å²) in [5, 5.41) is 16.6. The standard InChI is InChI=1S/C9H16O4.C9H14O4/c1-8(10)13-7-5-3-2-4-6-9(11)12;1-2-9(12)13-7-5-3-4-6-8(10)11/h2-7H2,1H3,(H,11,12);2H,1,3-7H2,(H,10,11). The molecule has 8 heteroatoms. The molecule has 0 saturated carbocycles. The topological polar surface area (TPSA) is 127 Å². The average molecular weight is 374 g/mol. The third kappa shape index (κ3) is 26.5. The molecular formula is C18H30O8. The van der Waals surface area contributed by atoms with Gasteiger partial charge in [0.05, 0.1) is 13.2 Å². The molecule has 0 aromatic carbocycles. The number of unbranched alkanes of at least 4 members (excludes halogenated alkanes) is 5. The van der Waals surface area contributed by atoms with Crippen molar-refractivity contribution in [3.05, 3.63) is 12.7 Å². The zero-order chi connectivity index (χ0) is 20.2. The first-order chi connectivity index (χ1) is 12.3. The molecule has 0 spiro atoms. The summed E-state index contributed by atoms with van der Waals surface area (Å²) in [6.45, 7) is 5.41. The number of carboxylic acids is 2. The minimum Gasteiger partial charge on any atom is -0.481 e. The third-order valence-electron chi connectivity index (χ3n) is 3.04. The van der Waals surface area contributed by atoms with Gasteiger partial charge in [0, 0.05) is 25.8 Å². The summed E-state index contributed by atoms with van der Waals surface area (Å²) in [5.41, 5.74) is 0. The Morgan fingerprint density at radius 2 is 1.19 bits per heavy atom. The van der Waals surface area contributed by atoms with Crippen LogP contribution in [0.4, 0.5) is 0 Å². The van der Waals surface area contributed by atoms with Gasteiger partial charge in [-0.25, -0.2) is 4.79 Å². The van der Waals surface area contributed by atoms with Gasteiger partial charge in [0.15, 0.2) is 0 Å². The third-order valence-corrected chi connectivity index (χ3v) is 3.04. The molecule has 8 nitrogen and oxygen atoms in total. The molecule has 2 N–H and O–H groups in total. The van der Waals surface area contributed by atoms with E-state index in [4.69, 9.17) is 19.7 Å². The van der Waals surface area contributed by atoms with Crippen LogP contribution in [0.15, 0.2) is 12.7 Å². The normalized spacial score (nSPS) is 9.42. The van der Waals surface area contributed by atoms with Crippen molar-refractivity contribution in [3.8, 4) is 0 Å². The van der Waals surface area contributed by atoms with Crippen LogP contribution in [0.1, 0.15) is 64.7 Å². The molecule has 0 bridgehead atoms. The highest BCUT2D eigenvalue weighted by molar-refractivity contribution is 5.81. The minimum absolute atomic E-state index is 0.176.